The number of ether oxygens (including phenoxy) is 1. The quantitative estimate of drug-likeness (QED) is 0.497. The molecule has 1 heterocycles. The van der Waals surface area contributed by atoms with Crippen molar-refractivity contribution in [1.29, 1.82) is 0 Å². The van der Waals surface area contributed by atoms with Crippen LogP contribution >= 0.6 is 0 Å². The summed E-state index contributed by atoms with van der Waals surface area (Å²) in [6.45, 7) is 8.75. The van der Waals surface area contributed by atoms with Gasteiger partial charge in [0.15, 0.2) is 12.7 Å². The highest BCUT2D eigenvalue weighted by Gasteiger charge is 2.17. The lowest BCUT2D eigenvalue weighted by Crippen LogP contribution is -2.39. The Balaban J connectivity index is 2.40. The first-order chi connectivity index (χ1) is 11.2. The van der Waals surface area contributed by atoms with E-state index in [1.807, 2.05) is 13.8 Å². The number of methoxy groups -OCH3 is 1. The fourth-order valence-corrected chi connectivity index (χ4v) is 2.08. The molecule has 1 amide bonds. The van der Waals surface area contributed by atoms with Gasteiger partial charge in [-0.2, -0.15) is 0 Å². The maximum absolute atomic E-state index is 12.0. The molecule has 0 unspecified atom stereocenters. The molecule has 0 saturated heterocycles. The number of carbonyl (C=O) groups excluding carboxylic acids is 1. The molecular formula is C17H26N3O4+. The SMILES string of the molecule is C=C(CCNC(=O)c1cc[n+](CCC(=O)O)nc1)CC(C)(C)OC. The molecule has 0 saturated carbocycles. The molecule has 0 aliphatic rings. The molecule has 7 heteroatoms. The maximum atomic E-state index is 12.0. The molecule has 132 valence electrons. The van der Waals surface area contributed by atoms with Crippen molar-refractivity contribution in [2.45, 2.75) is 45.3 Å². The van der Waals surface area contributed by atoms with Crippen molar-refractivity contribution < 1.29 is 24.1 Å². The molecule has 7 nitrogen and oxygen atoms in total. The molecule has 1 rings (SSSR count). The molecule has 2 N–H and O–H groups in total. The van der Waals surface area contributed by atoms with Gasteiger partial charge in [0.25, 0.3) is 5.91 Å². The summed E-state index contributed by atoms with van der Waals surface area (Å²) < 4.78 is 6.84. The van der Waals surface area contributed by atoms with Gasteiger partial charge in [-0.15, -0.1) is 0 Å². The predicted molar refractivity (Wildman–Crippen MR) is 88.5 cm³/mol. The number of aliphatic carboxylic acids is 1. The van der Waals surface area contributed by atoms with Crippen LogP contribution in [0.25, 0.3) is 0 Å². The minimum atomic E-state index is -0.886. The second-order valence-electron chi connectivity index (χ2n) is 6.22. The molecule has 0 atom stereocenters. The highest BCUT2D eigenvalue weighted by molar-refractivity contribution is 5.93. The van der Waals surface area contributed by atoms with E-state index in [1.54, 1.807) is 19.4 Å². The van der Waals surface area contributed by atoms with Gasteiger partial charge >= 0.3 is 5.97 Å². The van der Waals surface area contributed by atoms with Crippen LogP contribution in [0.5, 0.6) is 0 Å². The number of aryl methyl sites for hydroxylation is 1. The van der Waals surface area contributed by atoms with Gasteiger partial charge in [0, 0.05) is 19.7 Å². The number of carbonyl (C=O) groups is 2. The van der Waals surface area contributed by atoms with Crippen molar-refractivity contribution in [2.24, 2.45) is 0 Å². The number of rotatable bonds is 10. The summed E-state index contributed by atoms with van der Waals surface area (Å²) in [4.78, 5) is 22.5. The van der Waals surface area contributed by atoms with Crippen LogP contribution < -0.4 is 10.00 Å². The van der Waals surface area contributed by atoms with E-state index in [1.165, 1.54) is 10.9 Å². The Kier molecular flexibility index (Phi) is 7.51. The number of carboxylic acids is 1. The van der Waals surface area contributed by atoms with E-state index in [9.17, 15) is 9.59 Å². The zero-order valence-corrected chi connectivity index (χ0v) is 14.5. The predicted octanol–water partition coefficient (Wildman–Crippen LogP) is 1.33. The topological polar surface area (TPSA) is 92.4 Å². The van der Waals surface area contributed by atoms with Crippen LogP contribution in [-0.2, 0) is 16.1 Å². The summed E-state index contributed by atoms with van der Waals surface area (Å²) in [6, 6.07) is 1.62. The molecule has 0 aromatic carbocycles. The molecule has 0 aliphatic heterocycles. The van der Waals surface area contributed by atoms with Crippen LogP contribution in [0.4, 0.5) is 0 Å². The largest absolute Gasteiger partial charge is 0.481 e. The van der Waals surface area contributed by atoms with E-state index in [-0.39, 0.29) is 24.5 Å². The highest BCUT2D eigenvalue weighted by Crippen LogP contribution is 2.19. The Morgan fingerprint density at radius 2 is 2.12 bits per heavy atom. The molecule has 0 bridgehead atoms. The molecule has 0 radical (unpaired) electrons. The van der Waals surface area contributed by atoms with E-state index >= 15 is 0 Å². The molecule has 0 fully saturated rings. The fourth-order valence-electron chi connectivity index (χ4n) is 2.08. The van der Waals surface area contributed by atoms with Crippen LogP contribution in [0, 0.1) is 0 Å². The van der Waals surface area contributed by atoms with Crippen molar-refractivity contribution in [1.82, 2.24) is 10.4 Å². The zero-order valence-electron chi connectivity index (χ0n) is 14.5. The third-order valence-electron chi connectivity index (χ3n) is 3.58. The summed E-state index contributed by atoms with van der Waals surface area (Å²) in [5, 5.41) is 15.5. The smallest absolute Gasteiger partial charge is 0.309 e. The number of amides is 1. The van der Waals surface area contributed by atoms with E-state index < -0.39 is 5.97 Å². The van der Waals surface area contributed by atoms with Crippen LogP contribution in [0.15, 0.2) is 30.6 Å². The van der Waals surface area contributed by atoms with Gasteiger partial charge in [-0.05, 0) is 31.8 Å². The summed E-state index contributed by atoms with van der Waals surface area (Å²) in [6.07, 6.45) is 4.42. The second-order valence-corrected chi connectivity index (χ2v) is 6.22. The third kappa shape index (κ3) is 7.32. The standard InChI is InChI=1S/C17H25N3O4/c1-13(11-17(2,3)24-4)5-8-18-16(23)14-6-9-20(19-12-14)10-7-15(21)22/h6,9,12H,1,5,7-8,10-11H2,2-4H3,(H-,18,21,22,23)/p+1. The second kappa shape index (κ2) is 9.12. The third-order valence-corrected chi connectivity index (χ3v) is 3.58. The Morgan fingerprint density at radius 3 is 2.67 bits per heavy atom. The van der Waals surface area contributed by atoms with E-state index in [2.05, 4.69) is 17.0 Å². The van der Waals surface area contributed by atoms with Gasteiger partial charge in [-0.3, -0.25) is 9.59 Å². The first-order valence-electron chi connectivity index (χ1n) is 7.81. The Morgan fingerprint density at radius 1 is 1.42 bits per heavy atom. The number of hydrogen-bond acceptors (Lipinski definition) is 4. The molecule has 1 aromatic rings. The number of nitrogens with zero attached hydrogens (tertiary/aromatic N) is 2. The van der Waals surface area contributed by atoms with Gasteiger partial charge in [-0.1, -0.05) is 16.8 Å². The number of hydrogen-bond donors (Lipinski definition) is 2. The van der Waals surface area contributed by atoms with Crippen molar-refractivity contribution in [3.8, 4) is 0 Å². The minimum Gasteiger partial charge on any atom is -0.481 e. The van der Waals surface area contributed by atoms with Crippen LogP contribution in [0.1, 0.15) is 43.5 Å². The van der Waals surface area contributed by atoms with Crippen molar-refractivity contribution >= 4 is 11.9 Å². The van der Waals surface area contributed by atoms with Crippen LogP contribution in [0.2, 0.25) is 0 Å². The van der Waals surface area contributed by atoms with E-state index in [0.717, 1.165) is 12.0 Å². The average molecular weight is 336 g/mol. The van der Waals surface area contributed by atoms with Gasteiger partial charge in [0.05, 0.1) is 11.2 Å². The number of aromatic nitrogens is 2. The van der Waals surface area contributed by atoms with Crippen LogP contribution in [-0.4, -0.2) is 41.3 Å². The lowest BCUT2D eigenvalue weighted by Gasteiger charge is -2.24. The molecule has 0 spiro atoms. The Bertz CT molecular complexity index is 582. The average Bonchev–Trinajstić information content (AvgIpc) is 2.52. The van der Waals surface area contributed by atoms with E-state index in [0.29, 0.717) is 18.5 Å². The first-order valence-corrected chi connectivity index (χ1v) is 7.81. The van der Waals surface area contributed by atoms with Gasteiger partial charge in [0.1, 0.15) is 12.6 Å². The Hall–Kier alpha value is -2.28. The monoisotopic (exact) mass is 336 g/mol. The van der Waals surface area contributed by atoms with E-state index in [4.69, 9.17) is 9.84 Å². The van der Waals surface area contributed by atoms with Crippen molar-refractivity contribution in [2.75, 3.05) is 13.7 Å². The number of nitrogens with one attached hydrogen (secondary N) is 1. The summed E-state index contributed by atoms with van der Waals surface area (Å²) >= 11 is 0. The highest BCUT2D eigenvalue weighted by atomic mass is 16.5. The molecule has 1 aromatic heterocycles. The first kappa shape index (κ1) is 19.8. The lowest BCUT2D eigenvalue weighted by molar-refractivity contribution is -0.753. The van der Waals surface area contributed by atoms with Gasteiger partial charge < -0.3 is 15.2 Å². The zero-order chi connectivity index (χ0) is 18.2. The summed E-state index contributed by atoms with van der Waals surface area (Å²) in [5.74, 6) is -1.10. The minimum absolute atomic E-state index is 0.0108. The summed E-state index contributed by atoms with van der Waals surface area (Å²) in [5.41, 5.74) is 1.19. The van der Waals surface area contributed by atoms with Gasteiger partial charge in [-0.25, -0.2) is 0 Å². The lowest BCUT2D eigenvalue weighted by atomic mass is 9.97. The molecule has 24 heavy (non-hydrogen) atoms. The van der Waals surface area contributed by atoms with Gasteiger partial charge in [0.2, 0.25) is 0 Å². The number of carboxylic acid groups (broad SMARTS) is 1. The van der Waals surface area contributed by atoms with Crippen molar-refractivity contribution in [3.05, 3.63) is 36.2 Å². The van der Waals surface area contributed by atoms with Crippen LogP contribution in [0.3, 0.4) is 0 Å². The van der Waals surface area contributed by atoms with Crippen molar-refractivity contribution in [3.63, 3.8) is 0 Å². The fraction of sp³-hybridized carbons (Fsp3) is 0.529. The molecule has 0 aliphatic carbocycles. The Labute approximate surface area is 142 Å². The normalized spacial score (nSPS) is 11.1. The maximum Gasteiger partial charge on any atom is 0.309 e. The molecular weight excluding hydrogens is 310 g/mol. The summed E-state index contributed by atoms with van der Waals surface area (Å²) in [7, 11) is 1.67.